The molecule has 0 fully saturated rings. The van der Waals surface area contributed by atoms with Gasteiger partial charge in [0, 0.05) is 17.3 Å². The number of aromatic nitrogens is 1. The topological polar surface area (TPSA) is 71.9 Å². The van der Waals surface area contributed by atoms with Gasteiger partial charge in [-0.15, -0.1) is 0 Å². The summed E-state index contributed by atoms with van der Waals surface area (Å²) in [5, 5.41) is 9.87. The molecule has 2 N–H and O–H groups in total. The van der Waals surface area contributed by atoms with E-state index in [0.717, 1.165) is 16.5 Å². The molecule has 0 saturated heterocycles. The Morgan fingerprint density at radius 1 is 1.10 bits per heavy atom. The van der Waals surface area contributed by atoms with E-state index in [2.05, 4.69) is 11.1 Å². The van der Waals surface area contributed by atoms with Crippen molar-refractivity contribution in [2.75, 3.05) is 5.73 Å². The number of hydrogen-bond acceptors (Lipinski definition) is 4. The number of hydrogen-bond donors (Lipinski definition) is 1. The minimum absolute atomic E-state index is 0.568. The van der Waals surface area contributed by atoms with E-state index >= 15 is 0 Å². The van der Waals surface area contributed by atoms with Gasteiger partial charge in [0.1, 0.15) is 11.5 Å². The highest BCUT2D eigenvalue weighted by atomic mass is 16.5. The molecule has 0 atom stereocenters. The number of nitrogens with zero attached hydrogens (tertiary/aromatic N) is 2. The van der Waals surface area contributed by atoms with Crippen molar-refractivity contribution < 1.29 is 4.74 Å². The third kappa shape index (κ3) is 2.49. The molecule has 1 heterocycles. The Morgan fingerprint density at radius 2 is 1.95 bits per heavy atom. The number of rotatable bonds is 2. The van der Waals surface area contributed by atoms with Crippen LogP contribution < -0.4 is 10.5 Å². The summed E-state index contributed by atoms with van der Waals surface area (Å²) in [5.41, 5.74) is 8.75. The minimum Gasteiger partial charge on any atom is -0.456 e. The normalized spacial score (nSPS) is 10.3. The number of anilines is 1. The molecule has 1 aromatic heterocycles. The first-order valence-electron chi connectivity index (χ1n) is 6.50. The van der Waals surface area contributed by atoms with Gasteiger partial charge in [-0.25, -0.2) is 0 Å². The van der Waals surface area contributed by atoms with Crippen molar-refractivity contribution in [1.82, 2.24) is 4.98 Å². The molecule has 0 aliphatic carbocycles. The molecule has 0 spiro atoms. The first-order valence-corrected chi connectivity index (χ1v) is 6.50. The molecule has 0 aliphatic heterocycles. The van der Waals surface area contributed by atoms with Crippen LogP contribution in [0, 0.1) is 18.3 Å². The molecule has 0 saturated carbocycles. The van der Waals surface area contributed by atoms with Crippen LogP contribution in [-0.4, -0.2) is 4.98 Å². The Kier molecular flexibility index (Phi) is 3.17. The second-order valence-corrected chi connectivity index (χ2v) is 4.78. The molecule has 2 aromatic carbocycles. The number of nitriles is 1. The van der Waals surface area contributed by atoms with Gasteiger partial charge in [0.15, 0.2) is 0 Å². The smallest absolute Gasteiger partial charge is 0.138 e. The molecule has 0 amide bonds. The Bertz CT molecular complexity index is 866. The van der Waals surface area contributed by atoms with Gasteiger partial charge in [0.25, 0.3) is 0 Å². The molecule has 4 nitrogen and oxygen atoms in total. The number of benzene rings is 2. The highest BCUT2D eigenvalue weighted by molar-refractivity contribution is 5.87. The van der Waals surface area contributed by atoms with Crippen LogP contribution in [0.5, 0.6) is 11.5 Å². The first kappa shape index (κ1) is 12.9. The Morgan fingerprint density at radius 3 is 2.76 bits per heavy atom. The maximum atomic E-state index is 8.99. The number of ether oxygens (including phenoxy) is 1. The Hall–Kier alpha value is -3.06. The van der Waals surface area contributed by atoms with Crippen LogP contribution in [0.4, 0.5) is 5.69 Å². The summed E-state index contributed by atoms with van der Waals surface area (Å²) < 4.78 is 5.97. The summed E-state index contributed by atoms with van der Waals surface area (Å²) in [6, 6.07) is 14.8. The highest BCUT2D eigenvalue weighted by Gasteiger charge is 2.07. The highest BCUT2D eigenvalue weighted by Crippen LogP contribution is 2.31. The number of nitrogen functional groups attached to an aromatic ring is 1. The Balaban J connectivity index is 2.08. The van der Waals surface area contributed by atoms with Crippen LogP contribution in [-0.2, 0) is 0 Å². The molecule has 0 unspecified atom stereocenters. The van der Waals surface area contributed by atoms with Gasteiger partial charge in [-0.05, 0) is 48.9 Å². The number of pyridine rings is 1. The third-order valence-electron chi connectivity index (χ3n) is 3.26. The molecule has 0 radical (unpaired) electrons. The van der Waals surface area contributed by atoms with E-state index in [-0.39, 0.29) is 0 Å². The van der Waals surface area contributed by atoms with Gasteiger partial charge in [0.2, 0.25) is 0 Å². The molecule has 0 bridgehead atoms. The van der Waals surface area contributed by atoms with E-state index < -0.39 is 0 Å². The largest absolute Gasteiger partial charge is 0.456 e. The average Bonchev–Trinajstić information content (AvgIpc) is 2.49. The summed E-state index contributed by atoms with van der Waals surface area (Å²) in [5.74, 6) is 1.36. The van der Waals surface area contributed by atoms with Crippen LogP contribution in [0.2, 0.25) is 0 Å². The van der Waals surface area contributed by atoms with Gasteiger partial charge >= 0.3 is 0 Å². The molecule has 3 rings (SSSR count). The van der Waals surface area contributed by atoms with Crippen LogP contribution in [0.15, 0.2) is 48.7 Å². The van der Waals surface area contributed by atoms with Gasteiger partial charge in [-0.2, -0.15) is 5.26 Å². The van der Waals surface area contributed by atoms with Crippen molar-refractivity contribution in [2.45, 2.75) is 6.92 Å². The number of aryl methyl sites for hydroxylation is 1. The van der Waals surface area contributed by atoms with Gasteiger partial charge < -0.3 is 10.5 Å². The fraction of sp³-hybridized carbons (Fsp3) is 0.0588. The molecular weight excluding hydrogens is 262 g/mol. The van der Waals surface area contributed by atoms with Crippen LogP contribution in [0.25, 0.3) is 10.9 Å². The zero-order chi connectivity index (χ0) is 14.8. The van der Waals surface area contributed by atoms with Gasteiger partial charge in [-0.1, -0.05) is 6.07 Å². The summed E-state index contributed by atoms with van der Waals surface area (Å²) in [7, 11) is 0. The van der Waals surface area contributed by atoms with E-state index in [0.29, 0.717) is 22.7 Å². The first-order chi connectivity index (χ1) is 10.2. The maximum Gasteiger partial charge on any atom is 0.138 e. The Labute approximate surface area is 122 Å². The van der Waals surface area contributed by atoms with Crippen molar-refractivity contribution in [3.63, 3.8) is 0 Å². The predicted molar refractivity (Wildman–Crippen MR) is 82.1 cm³/mol. The number of nitrogens with two attached hydrogens (primary N) is 1. The van der Waals surface area contributed by atoms with Crippen LogP contribution >= 0.6 is 0 Å². The molecule has 102 valence electrons. The SMILES string of the molecule is Cc1ccc(C#N)cc1Oc1ccnc2cc(N)ccc12. The molecule has 3 aromatic rings. The van der Waals surface area contributed by atoms with E-state index in [1.54, 1.807) is 30.5 Å². The zero-order valence-corrected chi connectivity index (χ0v) is 11.5. The van der Waals surface area contributed by atoms with Crippen molar-refractivity contribution in [2.24, 2.45) is 0 Å². The second kappa shape index (κ2) is 5.14. The summed E-state index contributed by atoms with van der Waals surface area (Å²) in [4.78, 5) is 4.29. The van der Waals surface area contributed by atoms with Gasteiger partial charge in [0.05, 0.1) is 17.1 Å². The molecule has 21 heavy (non-hydrogen) atoms. The number of fused-ring (bicyclic) bond motifs is 1. The zero-order valence-electron chi connectivity index (χ0n) is 11.5. The fourth-order valence-electron chi connectivity index (χ4n) is 2.13. The van der Waals surface area contributed by atoms with Crippen molar-refractivity contribution in [3.05, 3.63) is 59.8 Å². The van der Waals surface area contributed by atoms with E-state index in [4.69, 9.17) is 15.7 Å². The second-order valence-electron chi connectivity index (χ2n) is 4.78. The van der Waals surface area contributed by atoms with Crippen molar-refractivity contribution in [3.8, 4) is 17.6 Å². The van der Waals surface area contributed by atoms with Crippen molar-refractivity contribution >= 4 is 16.6 Å². The lowest BCUT2D eigenvalue weighted by Gasteiger charge is -2.11. The average molecular weight is 275 g/mol. The van der Waals surface area contributed by atoms with Crippen LogP contribution in [0.3, 0.4) is 0 Å². The lowest BCUT2D eigenvalue weighted by atomic mass is 10.1. The summed E-state index contributed by atoms with van der Waals surface area (Å²) in [6.07, 6.45) is 1.68. The van der Waals surface area contributed by atoms with E-state index in [9.17, 15) is 0 Å². The van der Waals surface area contributed by atoms with E-state index in [1.165, 1.54) is 0 Å². The van der Waals surface area contributed by atoms with Crippen molar-refractivity contribution in [1.29, 1.82) is 5.26 Å². The predicted octanol–water partition coefficient (Wildman–Crippen LogP) is 3.79. The third-order valence-corrected chi connectivity index (χ3v) is 3.26. The van der Waals surface area contributed by atoms with E-state index in [1.807, 2.05) is 25.1 Å². The van der Waals surface area contributed by atoms with Gasteiger partial charge in [-0.3, -0.25) is 4.98 Å². The maximum absolute atomic E-state index is 8.99. The molecule has 0 aliphatic rings. The monoisotopic (exact) mass is 275 g/mol. The lowest BCUT2D eigenvalue weighted by molar-refractivity contribution is 0.484. The molecular formula is C17H13N3O. The summed E-state index contributed by atoms with van der Waals surface area (Å²) in [6.45, 7) is 1.94. The standard InChI is InChI=1S/C17H13N3O/c1-11-2-3-12(10-18)8-17(11)21-16-6-7-20-15-9-13(19)4-5-14(15)16/h2-9H,19H2,1H3. The molecule has 4 heteroatoms. The minimum atomic E-state index is 0.568. The fourth-order valence-corrected chi connectivity index (χ4v) is 2.13. The summed E-state index contributed by atoms with van der Waals surface area (Å²) >= 11 is 0. The van der Waals surface area contributed by atoms with Crippen LogP contribution in [0.1, 0.15) is 11.1 Å². The quantitative estimate of drug-likeness (QED) is 0.722. The lowest BCUT2D eigenvalue weighted by Crippen LogP contribution is -1.92.